The summed E-state index contributed by atoms with van der Waals surface area (Å²) in [7, 11) is 0. The molecule has 0 aliphatic heterocycles. The monoisotopic (exact) mass is 466 g/mol. The first-order chi connectivity index (χ1) is 16.4. The molecule has 34 heavy (non-hydrogen) atoms. The Labute approximate surface area is 200 Å². The zero-order valence-electron chi connectivity index (χ0n) is 20.1. The van der Waals surface area contributed by atoms with E-state index >= 15 is 0 Å². The van der Waals surface area contributed by atoms with Gasteiger partial charge in [0, 0.05) is 12.5 Å². The summed E-state index contributed by atoms with van der Waals surface area (Å²) in [6, 6.07) is 15.3. The highest BCUT2D eigenvalue weighted by Crippen LogP contribution is 2.44. The Morgan fingerprint density at radius 1 is 0.971 bits per heavy atom. The second-order valence-corrected chi connectivity index (χ2v) is 8.82. The first-order valence-electron chi connectivity index (χ1n) is 12.0. The smallest absolute Gasteiger partial charge is 0.407 e. The fourth-order valence-corrected chi connectivity index (χ4v) is 4.65. The fraction of sp³-hybridized carbons (Fsp3) is 0.444. The van der Waals surface area contributed by atoms with E-state index in [9.17, 15) is 19.5 Å². The lowest BCUT2D eigenvalue weighted by atomic mass is 9.81. The molecule has 2 aromatic rings. The van der Waals surface area contributed by atoms with E-state index in [1.54, 1.807) is 0 Å². The van der Waals surface area contributed by atoms with Gasteiger partial charge in [0.1, 0.15) is 12.6 Å². The summed E-state index contributed by atoms with van der Waals surface area (Å²) in [6.07, 6.45) is 1.31. The minimum Gasteiger partial charge on any atom is -0.480 e. The van der Waals surface area contributed by atoms with Gasteiger partial charge in [0.2, 0.25) is 5.91 Å². The second-order valence-electron chi connectivity index (χ2n) is 8.82. The minimum atomic E-state index is -1.05. The summed E-state index contributed by atoms with van der Waals surface area (Å²) in [6.45, 7) is 5.85. The van der Waals surface area contributed by atoms with E-state index in [0.29, 0.717) is 25.7 Å². The van der Waals surface area contributed by atoms with Gasteiger partial charge in [-0.2, -0.15) is 0 Å². The van der Waals surface area contributed by atoms with Gasteiger partial charge in [0.05, 0.1) is 5.41 Å². The topological polar surface area (TPSA) is 105 Å². The molecule has 0 bridgehead atoms. The number of nitrogens with one attached hydrogen (secondary N) is 2. The predicted octanol–water partition coefficient (Wildman–Crippen LogP) is 4.70. The van der Waals surface area contributed by atoms with Crippen molar-refractivity contribution in [1.29, 1.82) is 0 Å². The molecule has 0 heterocycles. The lowest BCUT2D eigenvalue weighted by Crippen LogP contribution is -2.52. The fourth-order valence-electron chi connectivity index (χ4n) is 4.65. The Bertz CT molecular complexity index is 986. The van der Waals surface area contributed by atoms with Crippen molar-refractivity contribution in [3.63, 3.8) is 0 Å². The molecule has 3 N–H and O–H groups in total. The number of carboxylic acids is 1. The Balaban J connectivity index is 1.63. The van der Waals surface area contributed by atoms with E-state index in [1.165, 1.54) is 0 Å². The SMILES string of the molecule is CCCC(NC(=O)C(CC)(CC)CNC(=O)OCC1c2ccccc2-c2ccccc21)C(=O)O. The van der Waals surface area contributed by atoms with E-state index in [4.69, 9.17) is 4.74 Å². The minimum absolute atomic E-state index is 0.0473. The molecule has 0 aromatic heterocycles. The van der Waals surface area contributed by atoms with Crippen molar-refractivity contribution in [2.24, 2.45) is 5.41 Å². The van der Waals surface area contributed by atoms with E-state index < -0.39 is 23.5 Å². The van der Waals surface area contributed by atoms with Crippen LogP contribution in [0.5, 0.6) is 0 Å². The molecule has 3 rings (SSSR count). The van der Waals surface area contributed by atoms with E-state index in [0.717, 1.165) is 22.3 Å². The highest BCUT2D eigenvalue weighted by atomic mass is 16.5. The lowest BCUT2D eigenvalue weighted by Gasteiger charge is -2.31. The maximum Gasteiger partial charge on any atom is 0.407 e. The summed E-state index contributed by atoms with van der Waals surface area (Å²) < 4.78 is 5.59. The van der Waals surface area contributed by atoms with Crippen LogP contribution in [-0.2, 0) is 14.3 Å². The second kappa shape index (κ2) is 11.2. The Kier molecular flexibility index (Phi) is 8.31. The number of fused-ring (bicyclic) bond motifs is 3. The summed E-state index contributed by atoms with van der Waals surface area (Å²) >= 11 is 0. The van der Waals surface area contributed by atoms with Gasteiger partial charge in [-0.1, -0.05) is 75.7 Å². The van der Waals surface area contributed by atoms with Crippen LogP contribution < -0.4 is 10.6 Å². The largest absolute Gasteiger partial charge is 0.480 e. The number of benzene rings is 2. The van der Waals surface area contributed by atoms with Crippen LogP contribution in [0.4, 0.5) is 4.79 Å². The molecule has 2 amide bonds. The first-order valence-corrected chi connectivity index (χ1v) is 12.0. The molecule has 0 radical (unpaired) electrons. The molecule has 182 valence electrons. The van der Waals surface area contributed by atoms with Crippen LogP contribution in [0.25, 0.3) is 11.1 Å². The van der Waals surface area contributed by atoms with Crippen LogP contribution in [0.15, 0.2) is 48.5 Å². The van der Waals surface area contributed by atoms with Gasteiger partial charge >= 0.3 is 12.1 Å². The molecule has 1 unspecified atom stereocenters. The molecule has 1 aliphatic rings. The highest BCUT2D eigenvalue weighted by molar-refractivity contribution is 5.88. The molecule has 2 aromatic carbocycles. The number of hydrogen-bond donors (Lipinski definition) is 3. The molecule has 0 spiro atoms. The van der Waals surface area contributed by atoms with Crippen LogP contribution in [0.3, 0.4) is 0 Å². The van der Waals surface area contributed by atoms with Gasteiger partial charge in [-0.3, -0.25) is 4.79 Å². The Morgan fingerprint density at radius 2 is 1.53 bits per heavy atom. The number of carboxylic acid groups (broad SMARTS) is 1. The maximum absolute atomic E-state index is 13.0. The van der Waals surface area contributed by atoms with Crippen molar-refractivity contribution in [2.75, 3.05) is 13.2 Å². The highest BCUT2D eigenvalue weighted by Gasteiger charge is 2.37. The van der Waals surface area contributed by atoms with Crippen molar-refractivity contribution in [3.8, 4) is 11.1 Å². The van der Waals surface area contributed by atoms with Gasteiger partial charge in [0.15, 0.2) is 0 Å². The molecule has 7 nitrogen and oxygen atoms in total. The molecule has 1 atom stereocenters. The quantitative estimate of drug-likeness (QED) is 0.445. The van der Waals surface area contributed by atoms with Gasteiger partial charge in [-0.25, -0.2) is 9.59 Å². The van der Waals surface area contributed by atoms with Crippen LogP contribution >= 0.6 is 0 Å². The van der Waals surface area contributed by atoms with Crippen molar-refractivity contribution in [1.82, 2.24) is 10.6 Å². The summed E-state index contributed by atoms with van der Waals surface area (Å²) in [5, 5.41) is 14.8. The Hall–Kier alpha value is -3.35. The van der Waals surface area contributed by atoms with Crippen molar-refractivity contribution in [2.45, 2.75) is 58.4 Å². The van der Waals surface area contributed by atoms with Crippen molar-refractivity contribution >= 4 is 18.0 Å². The number of alkyl carbamates (subject to hydrolysis) is 1. The van der Waals surface area contributed by atoms with Crippen LogP contribution in [0.1, 0.15) is 63.5 Å². The molecule has 0 fully saturated rings. The van der Waals surface area contributed by atoms with Gasteiger partial charge in [-0.05, 0) is 41.5 Å². The van der Waals surface area contributed by atoms with Crippen molar-refractivity contribution in [3.05, 3.63) is 59.7 Å². The normalized spacial score (nSPS) is 13.5. The standard InChI is InChI=1S/C27H34N2O5/c1-4-11-23(24(30)31)29-25(32)27(5-2,6-3)17-28-26(33)34-16-22-20-14-9-7-12-18(20)19-13-8-10-15-21(19)22/h7-10,12-15,22-23H,4-6,11,16-17H2,1-3H3,(H,28,33)(H,29,32)(H,30,31). The lowest BCUT2D eigenvalue weighted by molar-refractivity contribution is -0.144. The molecular weight excluding hydrogens is 432 g/mol. The average molecular weight is 467 g/mol. The van der Waals surface area contributed by atoms with Gasteiger partial charge in [0.25, 0.3) is 0 Å². The van der Waals surface area contributed by atoms with Gasteiger partial charge < -0.3 is 20.5 Å². The summed E-state index contributed by atoms with van der Waals surface area (Å²) in [5.41, 5.74) is 3.65. The van der Waals surface area contributed by atoms with Crippen molar-refractivity contribution < 1.29 is 24.2 Å². The summed E-state index contributed by atoms with van der Waals surface area (Å²) in [5.74, 6) is -1.47. The zero-order valence-corrected chi connectivity index (χ0v) is 20.1. The summed E-state index contributed by atoms with van der Waals surface area (Å²) in [4.78, 5) is 37.1. The number of hydrogen-bond acceptors (Lipinski definition) is 4. The average Bonchev–Trinajstić information content (AvgIpc) is 3.17. The number of ether oxygens (including phenoxy) is 1. The maximum atomic E-state index is 13.0. The molecule has 0 saturated carbocycles. The number of carbonyl (C=O) groups excluding carboxylic acids is 2. The predicted molar refractivity (Wildman–Crippen MR) is 131 cm³/mol. The molecular formula is C27H34N2O5. The third-order valence-electron chi connectivity index (χ3n) is 6.93. The van der Waals surface area contributed by atoms with Gasteiger partial charge in [-0.15, -0.1) is 0 Å². The van der Waals surface area contributed by atoms with E-state index in [-0.39, 0.29) is 25.0 Å². The third-order valence-corrected chi connectivity index (χ3v) is 6.93. The first kappa shape index (κ1) is 25.3. The third kappa shape index (κ3) is 5.24. The molecule has 1 aliphatic carbocycles. The number of rotatable bonds is 11. The molecule has 0 saturated heterocycles. The number of aliphatic carboxylic acids is 1. The van der Waals surface area contributed by atoms with E-state index in [2.05, 4.69) is 34.9 Å². The number of amides is 2. The molecule has 7 heteroatoms. The van der Waals surface area contributed by atoms with E-state index in [1.807, 2.05) is 45.0 Å². The Morgan fingerprint density at radius 3 is 2.03 bits per heavy atom. The zero-order chi connectivity index (χ0) is 24.7. The van der Waals surface area contributed by atoms with Crippen LogP contribution in [-0.4, -0.2) is 42.3 Å². The van der Waals surface area contributed by atoms with Crippen LogP contribution in [0, 0.1) is 5.41 Å². The van der Waals surface area contributed by atoms with Crippen LogP contribution in [0.2, 0.25) is 0 Å². The number of carbonyl (C=O) groups is 3.